The maximum atomic E-state index is 13.8. The molecule has 0 aliphatic heterocycles. The molecule has 2 N–H and O–H groups in total. The molecule has 54 heavy (non-hydrogen) atoms. The van der Waals surface area contributed by atoms with Crippen molar-refractivity contribution in [2.24, 2.45) is 0 Å². The Morgan fingerprint density at radius 1 is 0.815 bits per heavy atom. The summed E-state index contributed by atoms with van der Waals surface area (Å²) in [4.78, 5) is 49.2. The average molecular weight is 732 g/mol. The zero-order valence-corrected chi connectivity index (χ0v) is 31.3. The first-order chi connectivity index (χ1) is 25.9. The maximum Gasteiger partial charge on any atom is 0.407 e. The molecule has 5 rings (SSSR count). The van der Waals surface area contributed by atoms with E-state index in [0.717, 1.165) is 16.7 Å². The SMILES string of the molecule is COc1cc(C(=O)N(C)c2ccc(C)cc2OCc2ccc(-c3ncccn3)cc2)ccc1NC(=O)c1ccccc1OCCCNC(=O)OC(C)(C)C. The van der Waals surface area contributed by atoms with Gasteiger partial charge >= 0.3 is 6.09 Å². The molecule has 0 unspecified atom stereocenters. The van der Waals surface area contributed by atoms with Crippen molar-refractivity contribution >= 4 is 29.3 Å². The van der Waals surface area contributed by atoms with Crippen LogP contribution in [0, 0.1) is 6.92 Å². The third kappa shape index (κ3) is 10.6. The Kier molecular flexibility index (Phi) is 12.8. The molecule has 12 nitrogen and oxygen atoms in total. The molecule has 0 bridgehead atoms. The van der Waals surface area contributed by atoms with Crippen molar-refractivity contribution in [3.05, 3.63) is 126 Å². The molecule has 0 radical (unpaired) electrons. The molecule has 3 amide bonds. The zero-order chi connectivity index (χ0) is 38.7. The Balaban J connectivity index is 1.22. The highest BCUT2D eigenvalue weighted by Gasteiger charge is 2.21. The molecule has 5 aromatic rings. The van der Waals surface area contributed by atoms with E-state index < -0.39 is 17.6 Å². The first kappa shape index (κ1) is 38.8. The van der Waals surface area contributed by atoms with Gasteiger partial charge in [0.15, 0.2) is 5.82 Å². The number of ether oxygens (including phenoxy) is 4. The van der Waals surface area contributed by atoms with Crippen LogP contribution in [0.25, 0.3) is 11.4 Å². The molecule has 1 heterocycles. The average Bonchev–Trinajstić information content (AvgIpc) is 3.16. The number of carbonyl (C=O) groups is 3. The summed E-state index contributed by atoms with van der Waals surface area (Å²) in [6, 6.07) is 27.0. The van der Waals surface area contributed by atoms with Crippen LogP contribution < -0.4 is 29.7 Å². The summed E-state index contributed by atoms with van der Waals surface area (Å²) in [5.74, 6) is 1.17. The normalized spacial score (nSPS) is 10.9. The minimum absolute atomic E-state index is 0.263. The van der Waals surface area contributed by atoms with E-state index in [1.165, 1.54) is 12.0 Å². The van der Waals surface area contributed by atoms with E-state index in [9.17, 15) is 14.4 Å². The molecule has 0 aliphatic rings. The van der Waals surface area contributed by atoms with Crippen molar-refractivity contribution < 1.29 is 33.3 Å². The summed E-state index contributed by atoms with van der Waals surface area (Å²) in [5.41, 5.74) is 3.87. The number of anilines is 2. The summed E-state index contributed by atoms with van der Waals surface area (Å²) >= 11 is 0. The topological polar surface area (TPSA) is 141 Å². The maximum absolute atomic E-state index is 13.8. The largest absolute Gasteiger partial charge is 0.495 e. The molecular weight excluding hydrogens is 686 g/mol. The number of nitrogens with zero attached hydrogens (tertiary/aromatic N) is 3. The summed E-state index contributed by atoms with van der Waals surface area (Å²) in [7, 11) is 3.15. The van der Waals surface area contributed by atoms with E-state index in [0.29, 0.717) is 58.5 Å². The second-order valence-corrected chi connectivity index (χ2v) is 13.4. The zero-order valence-electron chi connectivity index (χ0n) is 31.3. The van der Waals surface area contributed by atoms with E-state index >= 15 is 0 Å². The van der Waals surface area contributed by atoms with Crippen LogP contribution in [0.1, 0.15) is 59.0 Å². The first-order valence-electron chi connectivity index (χ1n) is 17.5. The summed E-state index contributed by atoms with van der Waals surface area (Å²) in [6.45, 7) is 8.25. The monoisotopic (exact) mass is 731 g/mol. The van der Waals surface area contributed by atoms with E-state index in [2.05, 4.69) is 20.6 Å². The quantitative estimate of drug-likeness (QED) is 0.109. The van der Waals surface area contributed by atoms with Gasteiger partial charge < -0.3 is 34.5 Å². The number of aromatic nitrogens is 2. The predicted octanol–water partition coefficient (Wildman–Crippen LogP) is 7.86. The Hall–Kier alpha value is -6.43. The molecule has 1 aromatic heterocycles. The van der Waals surface area contributed by atoms with Crippen molar-refractivity contribution in [3.63, 3.8) is 0 Å². The number of alkyl carbamates (subject to hydrolysis) is 1. The van der Waals surface area contributed by atoms with Gasteiger partial charge in [0.1, 0.15) is 29.5 Å². The van der Waals surface area contributed by atoms with Crippen LogP contribution in [-0.2, 0) is 11.3 Å². The number of hydrogen-bond donors (Lipinski definition) is 2. The van der Waals surface area contributed by atoms with Gasteiger partial charge in [0.05, 0.1) is 30.7 Å². The van der Waals surface area contributed by atoms with Crippen molar-refractivity contribution in [3.8, 4) is 28.6 Å². The highest BCUT2D eigenvalue weighted by atomic mass is 16.6. The molecule has 4 aromatic carbocycles. The number of hydrogen-bond acceptors (Lipinski definition) is 9. The fourth-order valence-corrected chi connectivity index (χ4v) is 5.33. The fraction of sp³-hybridized carbons (Fsp3) is 0.262. The number of methoxy groups -OCH3 is 1. The summed E-state index contributed by atoms with van der Waals surface area (Å²) in [5, 5.41) is 5.56. The van der Waals surface area contributed by atoms with Crippen LogP contribution in [-0.4, -0.2) is 60.8 Å². The van der Waals surface area contributed by atoms with Crippen LogP contribution in [0.3, 0.4) is 0 Å². The summed E-state index contributed by atoms with van der Waals surface area (Å²) < 4.78 is 23.0. The van der Waals surface area contributed by atoms with E-state index in [4.69, 9.17) is 18.9 Å². The smallest absolute Gasteiger partial charge is 0.407 e. The Labute approximate surface area is 315 Å². The van der Waals surface area contributed by atoms with E-state index in [-0.39, 0.29) is 19.1 Å². The number of amides is 3. The molecule has 0 aliphatic carbocycles. The van der Waals surface area contributed by atoms with Gasteiger partial charge in [-0.25, -0.2) is 14.8 Å². The molecule has 0 saturated carbocycles. The standard InChI is InChI=1S/C42H45N5O7/c1-28-13-20-34(37(25-28)53-27-29-14-16-30(17-15-29)38-43-21-9-22-44-38)47(5)40(49)31-18-19-33(36(26-31)51-6)46-39(48)32-11-7-8-12-35(32)52-24-10-23-45-41(50)54-42(2,3)4/h7-9,11-22,25-26H,10,23-24,27H2,1-6H3,(H,45,50)(H,46,48). The summed E-state index contributed by atoms with van der Waals surface area (Å²) in [6.07, 6.45) is 3.41. The number of benzene rings is 4. The van der Waals surface area contributed by atoms with Crippen LogP contribution in [0.4, 0.5) is 16.2 Å². The number of para-hydroxylation sites is 1. The molecule has 0 saturated heterocycles. The number of nitrogens with one attached hydrogen (secondary N) is 2. The number of aryl methyl sites for hydroxylation is 1. The minimum atomic E-state index is -0.585. The van der Waals surface area contributed by atoms with Gasteiger partial charge in [-0.3, -0.25) is 9.59 Å². The second kappa shape index (κ2) is 17.9. The fourth-order valence-electron chi connectivity index (χ4n) is 5.33. The third-order valence-corrected chi connectivity index (χ3v) is 8.03. The van der Waals surface area contributed by atoms with E-state index in [1.807, 2.05) is 49.4 Å². The Morgan fingerprint density at radius 3 is 2.28 bits per heavy atom. The van der Waals surface area contributed by atoms with Crippen LogP contribution in [0.15, 0.2) is 103 Å². The lowest BCUT2D eigenvalue weighted by molar-refractivity contribution is 0.0525. The Morgan fingerprint density at radius 2 is 1.56 bits per heavy atom. The molecular formula is C42H45N5O7. The number of rotatable bonds is 14. The molecule has 0 atom stereocenters. The van der Waals surface area contributed by atoms with E-state index in [1.54, 1.807) is 88.7 Å². The van der Waals surface area contributed by atoms with Gasteiger partial charge in [0.25, 0.3) is 11.8 Å². The van der Waals surface area contributed by atoms with Gasteiger partial charge in [-0.1, -0.05) is 42.5 Å². The van der Waals surface area contributed by atoms with Gasteiger partial charge in [-0.15, -0.1) is 0 Å². The molecule has 0 fully saturated rings. The highest BCUT2D eigenvalue weighted by Crippen LogP contribution is 2.33. The predicted molar refractivity (Wildman–Crippen MR) is 207 cm³/mol. The Bertz CT molecular complexity index is 2060. The van der Waals surface area contributed by atoms with Gasteiger partial charge in [-0.05, 0) is 93.8 Å². The van der Waals surface area contributed by atoms with Crippen LogP contribution >= 0.6 is 0 Å². The van der Waals surface area contributed by atoms with Crippen LogP contribution in [0.2, 0.25) is 0 Å². The molecule has 280 valence electrons. The van der Waals surface area contributed by atoms with Crippen molar-refractivity contribution in [1.29, 1.82) is 0 Å². The first-order valence-corrected chi connectivity index (χ1v) is 17.5. The number of carbonyl (C=O) groups excluding carboxylic acids is 3. The minimum Gasteiger partial charge on any atom is -0.495 e. The van der Waals surface area contributed by atoms with Gasteiger partial charge in [-0.2, -0.15) is 0 Å². The lowest BCUT2D eigenvalue weighted by atomic mass is 10.1. The molecule has 12 heteroatoms. The highest BCUT2D eigenvalue weighted by molar-refractivity contribution is 6.09. The van der Waals surface area contributed by atoms with Crippen molar-refractivity contribution in [1.82, 2.24) is 15.3 Å². The van der Waals surface area contributed by atoms with Crippen molar-refractivity contribution in [2.75, 3.05) is 37.5 Å². The van der Waals surface area contributed by atoms with Gasteiger partial charge in [0.2, 0.25) is 0 Å². The molecule has 0 spiro atoms. The third-order valence-electron chi connectivity index (χ3n) is 8.03. The lowest BCUT2D eigenvalue weighted by Gasteiger charge is -2.22. The van der Waals surface area contributed by atoms with Gasteiger partial charge in [0, 0.05) is 37.1 Å². The second-order valence-electron chi connectivity index (χ2n) is 13.4. The van der Waals surface area contributed by atoms with Crippen LogP contribution in [0.5, 0.6) is 17.2 Å². The van der Waals surface area contributed by atoms with Crippen molar-refractivity contribution in [2.45, 2.75) is 46.3 Å². The lowest BCUT2D eigenvalue weighted by Crippen LogP contribution is -2.33.